The third-order valence-corrected chi connectivity index (χ3v) is 16.9. The van der Waals surface area contributed by atoms with Crippen LogP contribution in [0, 0.1) is 0 Å². The highest BCUT2D eigenvalue weighted by molar-refractivity contribution is 6.26. The molecule has 14 aromatic rings. The van der Waals surface area contributed by atoms with Gasteiger partial charge in [0.15, 0.2) is 11.6 Å². The van der Waals surface area contributed by atoms with Crippen LogP contribution in [0.1, 0.15) is 23.9 Å². The molecule has 17 rings (SSSR count). The highest BCUT2D eigenvalue weighted by atomic mass is 15.2. The van der Waals surface area contributed by atoms with Gasteiger partial charge in [0.25, 0.3) is 0 Å². The second-order valence-electron chi connectivity index (χ2n) is 21.1. The highest BCUT2D eigenvalue weighted by Crippen LogP contribution is 2.50. The number of hydrogen-bond donors (Lipinski definition) is 0. The van der Waals surface area contributed by atoms with Crippen LogP contribution in [-0.4, -0.2) is 34.7 Å². The zero-order chi connectivity index (χ0) is 51.0. The molecule has 78 heavy (non-hydrogen) atoms. The van der Waals surface area contributed by atoms with E-state index in [1.807, 2.05) is 0 Å². The molecule has 10 aromatic carbocycles. The summed E-state index contributed by atoms with van der Waals surface area (Å²) in [5, 5.41) is 11.7. The molecule has 0 amide bonds. The lowest BCUT2D eigenvalue weighted by atomic mass is 9.91. The van der Waals surface area contributed by atoms with Crippen LogP contribution in [-0.2, 0) is 0 Å². The minimum absolute atomic E-state index is 0.0159. The van der Waals surface area contributed by atoms with Gasteiger partial charge in [-0.3, -0.25) is 4.57 Å². The van der Waals surface area contributed by atoms with E-state index in [9.17, 15) is 0 Å². The molecule has 3 atom stereocenters. The van der Waals surface area contributed by atoms with Gasteiger partial charge in [-0.25, -0.2) is 4.98 Å². The van der Waals surface area contributed by atoms with Crippen LogP contribution in [0.5, 0.6) is 0 Å². The Balaban J connectivity index is 0.943. The van der Waals surface area contributed by atoms with Gasteiger partial charge in [0.05, 0.1) is 34.2 Å². The molecule has 0 bridgehead atoms. The number of para-hydroxylation sites is 5. The summed E-state index contributed by atoms with van der Waals surface area (Å²) in [7, 11) is 0. The molecule has 366 valence electrons. The summed E-state index contributed by atoms with van der Waals surface area (Å²) in [4.78, 5) is 19.0. The van der Waals surface area contributed by atoms with Gasteiger partial charge in [-0.1, -0.05) is 194 Å². The molecule has 0 saturated carbocycles. The molecular formula is C71H47N7. The summed E-state index contributed by atoms with van der Waals surface area (Å²) in [5.41, 5.74) is 13.7. The highest BCUT2D eigenvalue weighted by Gasteiger charge is 2.40. The molecule has 1 aliphatic heterocycles. The fourth-order valence-electron chi connectivity index (χ4n) is 13.5. The lowest BCUT2D eigenvalue weighted by Gasteiger charge is -2.35. The molecule has 2 aliphatic carbocycles. The maximum absolute atomic E-state index is 5.51. The molecule has 5 heterocycles. The largest absolute Gasteiger partial charge is 0.337 e. The molecule has 0 spiro atoms. The summed E-state index contributed by atoms with van der Waals surface area (Å²) in [6.07, 6.45) is 15.0. The van der Waals surface area contributed by atoms with E-state index in [2.05, 4.69) is 273 Å². The van der Waals surface area contributed by atoms with Gasteiger partial charge in [-0.15, -0.1) is 0 Å². The Morgan fingerprint density at radius 1 is 0.423 bits per heavy atom. The fraction of sp³-hybridized carbons (Fsp3) is 0.0563. The topological polar surface area (TPSA) is 56.7 Å². The number of benzene rings is 10. The van der Waals surface area contributed by atoms with Gasteiger partial charge in [-0.2, -0.15) is 9.97 Å². The summed E-state index contributed by atoms with van der Waals surface area (Å²) >= 11 is 0. The lowest BCUT2D eigenvalue weighted by Crippen LogP contribution is -2.34. The number of hydrogen-bond acceptors (Lipinski definition) is 4. The minimum atomic E-state index is -0.0159. The molecule has 7 heteroatoms. The number of anilines is 1. The summed E-state index contributed by atoms with van der Waals surface area (Å²) in [6.45, 7) is 0. The van der Waals surface area contributed by atoms with Gasteiger partial charge >= 0.3 is 0 Å². The average Bonchev–Trinajstić information content (AvgIpc) is 4.42. The first-order valence-electron chi connectivity index (χ1n) is 27.0. The first kappa shape index (κ1) is 43.2. The lowest BCUT2D eigenvalue weighted by molar-refractivity contribution is 0.599. The zero-order valence-corrected chi connectivity index (χ0v) is 42.3. The van der Waals surface area contributed by atoms with Crippen molar-refractivity contribution in [2.45, 2.75) is 24.4 Å². The molecule has 3 unspecified atom stereocenters. The standard InChI is InChI=1S/C71H47N7/c1-3-19-46-39-48(35-33-44(46)17-1)69-72-70(49-36-34-45-18-2-4-20-47(45)40-49)74-71(73-69)78-64-31-15-9-25-57(64)58-37-38-66-67(68(58)78)59-26-10-16-32-65(59)77(66)52-42-50(75-60-27-11-5-21-53(60)54-22-6-12-28-61(54)75)41-51(43-52)76-62-29-13-7-23-55(62)56-24-8-14-30-63(56)76/h1-40,42-43,50,55,62H,41H2. The number of nitrogens with zero attached hydrogens (tertiary/aromatic N) is 7. The monoisotopic (exact) mass is 997 g/mol. The zero-order valence-electron chi connectivity index (χ0n) is 42.3. The molecule has 0 saturated heterocycles. The first-order chi connectivity index (χ1) is 38.7. The second-order valence-corrected chi connectivity index (χ2v) is 21.1. The Bertz CT molecular complexity index is 4850. The Morgan fingerprint density at radius 2 is 0.974 bits per heavy atom. The number of allylic oxidation sites excluding steroid dienone is 6. The molecule has 3 aliphatic rings. The molecule has 4 aromatic heterocycles. The molecule has 0 fully saturated rings. The van der Waals surface area contributed by atoms with Gasteiger partial charge in [0, 0.05) is 83.9 Å². The van der Waals surface area contributed by atoms with Crippen molar-refractivity contribution in [1.82, 2.24) is 28.7 Å². The van der Waals surface area contributed by atoms with Crippen molar-refractivity contribution >= 4 is 98.3 Å². The van der Waals surface area contributed by atoms with Crippen LogP contribution in [0.25, 0.3) is 121 Å². The molecular weight excluding hydrogens is 951 g/mol. The SMILES string of the molecule is C1=CC2c3ccccc3N(C3=CC(n4c5ccccc5c5c4ccc4c6ccccc6n(-c6nc(-c7ccc8ccccc8c7)nc(-c7ccc8ccccc8c7)n6)c45)=CC(n4c5ccccc5c5ccccc54)C3)C2C=C1. The van der Waals surface area contributed by atoms with Crippen molar-refractivity contribution in [2.75, 3.05) is 4.90 Å². The van der Waals surface area contributed by atoms with Crippen LogP contribution >= 0.6 is 0 Å². The van der Waals surface area contributed by atoms with Crippen LogP contribution in [0.4, 0.5) is 5.69 Å². The van der Waals surface area contributed by atoms with E-state index in [-0.39, 0.29) is 18.0 Å². The van der Waals surface area contributed by atoms with Crippen LogP contribution in [0.15, 0.2) is 261 Å². The third-order valence-electron chi connectivity index (χ3n) is 16.9. The Hall–Kier alpha value is -10.1. The average molecular weight is 998 g/mol. The van der Waals surface area contributed by atoms with Crippen molar-refractivity contribution < 1.29 is 0 Å². The third kappa shape index (κ3) is 6.36. The molecule has 0 N–H and O–H groups in total. The Labute approximate surface area is 448 Å². The first-order valence-corrected chi connectivity index (χ1v) is 27.0. The van der Waals surface area contributed by atoms with Crippen LogP contribution < -0.4 is 4.90 Å². The van der Waals surface area contributed by atoms with Gasteiger partial charge in [-0.05, 0) is 87.8 Å². The summed E-state index contributed by atoms with van der Waals surface area (Å²) < 4.78 is 7.43. The normalized spacial score (nSPS) is 17.1. The van der Waals surface area contributed by atoms with E-state index in [1.54, 1.807) is 0 Å². The quantitative estimate of drug-likeness (QED) is 0.167. The van der Waals surface area contributed by atoms with E-state index in [1.165, 1.54) is 49.5 Å². The van der Waals surface area contributed by atoms with E-state index >= 15 is 0 Å². The Kier molecular flexibility index (Phi) is 9.24. The van der Waals surface area contributed by atoms with Crippen molar-refractivity contribution in [3.8, 4) is 28.7 Å². The minimum Gasteiger partial charge on any atom is -0.337 e. The Morgan fingerprint density at radius 3 is 1.65 bits per heavy atom. The predicted molar refractivity (Wildman–Crippen MR) is 322 cm³/mol. The van der Waals surface area contributed by atoms with E-state index < -0.39 is 0 Å². The summed E-state index contributed by atoms with van der Waals surface area (Å²) in [6, 6.07) is 79.3. The van der Waals surface area contributed by atoms with Gasteiger partial charge in [0.2, 0.25) is 5.95 Å². The smallest absolute Gasteiger partial charge is 0.238 e. The van der Waals surface area contributed by atoms with E-state index in [4.69, 9.17) is 15.0 Å². The van der Waals surface area contributed by atoms with E-state index in [0.29, 0.717) is 17.6 Å². The second kappa shape index (κ2) is 16.7. The molecule has 0 radical (unpaired) electrons. The number of rotatable bonds is 6. The van der Waals surface area contributed by atoms with Crippen molar-refractivity contribution in [2.24, 2.45) is 0 Å². The summed E-state index contributed by atoms with van der Waals surface area (Å²) in [5.74, 6) is 2.05. The van der Waals surface area contributed by atoms with Crippen molar-refractivity contribution in [3.63, 3.8) is 0 Å². The van der Waals surface area contributed by atoms with Crippen LogP contribution in [0.3, 0.4) is 0 Å². The maximum Gasteiger partial charge on any atom is 0.238 e. The van der Waals surface area contributed by atoms with Crippen molar-refractivity contribution in [1.29, 1.82) is 0 Å². The fourth-order valence-corrected chi connectivity index (χ4v) is 13.5. The van der Waals surface area contributed by atoms with Gasteiger partial charge in [0.1, 0.15) is 0 Å². The van der Waals surface area contributed by atoms with Gasteiger partial charge < -0.3 is 14.0 Å². The number of aromatic nitrogens is 6. The van der Waals surface area contributed by atoms with Crippen LogP contribution in [0.2, 0.25) is 0 Å². The van der Waals surface area contributed by atoms with Crippen molar-refractivity contribution in [3.05, 3.63) is 266 Å². The number of fused-ring (bicyclic) bond motifs is 15. The van der Waals surface area contributed by atoms with E-state index in [0.717, 1.165) is 77.6 Å². The predicted octanol–water partition coefficient (Wildman–Crippen LogP) is 17.3. The molecule has 7 nitrogen and oxygen atoms in total. The maximum atomic E-state index is 5.51.